The smallest absolute Gasteiger partial charge is 0.252 e. The fraction of sp³-hybridized carbons (Fsp3) is 0.722. The molecule has 0 atom stereocenters. The van der Waals surface area contributed by atoms with Gasteiger partial charge in [-0.3, -0.25) is 4.90 Å². The van der Waals surface area contributed by atoms with E-state index in [2.05, 4.69) is 48.2 Å². The summed E-state index contributed by atoms with van der Waals surface area (Å²) in [5.41, 5.74) is 0. The van der Waals surface area contributed by atoms with Crippen LogP contribution in [0.2, 0.25) is 0 Å². The van der Waals surface area contributed by atoms with E-state index in [9.17, 15) is 8.42 Å². The second-order valence-electron chi connectivity index (χ2n) is 7.06. The third-order valence-corrected chi connectivity index (χ3v) is 7.45. The lowest BCUT2D eigenvalue weighted by Crippen LogP contribution is -2.45. The zero-order valence-corrected chi connectivity index (χ0v) is 22.0. The van der Waals surface area contributed by atoms with Gasteiger partial charge in [-0.25, -0.2) is 17.7 Å². The highest BCUT2D eigenvalue weighted by Gasteiger charge is 2.19. The normalized spacial score (nSPS) is 12.8. The van der Waals surface area contributed by atoms with E-state index in [4.69, 9.17) is 0 Å². The quantitative estimate of drug-likeness (QED) is 0.269. The minimum Gasteiger partial charge on any atom is -0.357 e. The first-order chi connectivity index (χ1) is 12.6. The first kappa shape index (κ1) is 27.6. The zero-order valence-electron chi connectivity index (χ0n) is 18.0. The number of hydrogen-bond acceptors (Lipinski definition) is 5. The van der Waals surface area contributed by atoms with E-state index in [1.165, 1.54) is 29.7 Å². The number of thiophene rings is 1. The Kier molecular flexibility index (Phi) is 12.8. The first-order valence-corrected chi connectivity index (χ1v) is 11.6. The first-order valence-electron chi connectivity index (χ1n) is 9.38. The van der Waals surface area contributed by atoms with Crippen molar-refractivity contribution in [1.29, 1.82) is 0 Å². The molecular formula is C18H36IN5O2S2. The number of guanidine groups is 1. The van der Waals surface area contributed by atoms with Gasteiger partial charge in [0.25, 0.3) is 10.0 Å². The molecule has 1 heterocycles. The molecule has 164 valence electrons. The molecule has 0 aliphatic carbocycles. The SMILES string of the molecule is CCNC(=NCc1ccc(S(=O)(=O)N(C)C)s1)NCCN(C(C)C)C(C)C.I. The van der Waals surface area contributed by atoms with E-state index < -0.39 is 10.0 Å². The maximum atomic E-state index is 12.2. The summed E-state index contributed by atoms with van der Waals surface area (Å²) in [5, 5.41) is 6.60. The molecule has 7 nitrogen and oxygen atoms in total. The van der Waals surface area contributed by atoms with E-state index in [1.807, 2.05) is 13.0 Å². The molecule has 1 rings (SSSR count). The van der Waals surface area contributed by atoms with Gasteiger partial charge in [0.15, 0.2) is 5.96 Å². The third kappa shape index (κ3) is 8.52. The van der Waals surface area contributed by atoms with Gasteiger partial charge in [0.1, 0.15) is 4.21 Å². The second kappa shape index (κ2) is 13.0. The Morgan fingerprint density at radius 2 is 1.75 bits per heavy atom. The van der Waals surface area contributed by atoms with Crippen LogP contribution >= 0.6 is 35.3 Å². The monoisotopic (exact) mass is 545 g/mol. The van der Waals surface area contributed by atoms with Gasteiger partial charge in [0.2, 0.25) is 0 Å². The average molecular weight is 546 g/mol. The summed E-state index contributed by atoms with van der Waals surface area (Å²) in [6, 6.07) is 4.46. The molecule has 0 saturated carbocycles. The molecule has 0 spiro atoms. The van der Waals surface area contributed by atoms with Crippen LogP contribution in [0.4, 0.5) is 0 Å². The number of sulfonamides is 1. The van der Waals surface area contributed by atoms with Gasteiger partial charge in [-0.05, 0) is 46.8 Å². The Hall–Kier alpha value is -0.430. The molecule has 2 N–H and O–H groups in total. The van der Waals surface area contributed by atoms with Crippen LogP contribution < -0.4 is 10.6 Å². The molecule has 0 radical (unpaired) electrons. The Morgan fingerprint density at radius 1 is 1.14 bits per heavy atom. The minimum absolute atomic E-state index is 0. The third-order valence-electron chi connectivity index (χ3n) is 4.10. The van der Waals surface area contributed by atoms with Crippen LogP contribution in [0.5, 0.6) is 0 Å². The van der Waals surface area contributed by atoms with Crippen LogP contribution in [0, 0.1) is 0 Å². The zero-order chi connectivity index (χ0) is 20.6. The molecule has 0 bridgehead atoms. The van der Waals surface area contributed by atoms with Gasteiger partial charge < -0.3 is 10.6 Å². The molecule has 0 fully saturated rings. The number of hydrogen-bond donors (Lipinski definition) is 2. The highest BCUT2D eigenvalue weighted by atomic mass is 127. The Bertz CT molecular complexity index is 695. The van der Waals surface area contributed by atoms with E-state index in [1.54, 1.807) is 6.07 Å². The molecule has 0 amide bonds. The van der Waals surface area contributed by atoms with E-state index >= 15 is 0 Å². The van der Waals surface area contributed by atoms with Gasteiger partial charge in [-0.1, -0.05) is 0 Å². The highest BCUT2D eigenvalue weighted by molar-refractivity contribution is 14.0. The molecule has 10 heteroatoms. The van der Waals surface area contributed by atoms with Crippen molar-refractivity contribution in [2.45, 2.75) is 57.5 Å². The maximum Gasteiger partial charge on any atom is 0.252 e. The molecule has 0 aliphatic rings. The van der Waals surface area contributed by atoms with Gasteiger partial charge in [-0.15, -0.1) is 35.3 Å². The largest absolute Gasteiger partial charge is 0.357 e. The molecule has 0 aliphatic heterocycles. The lowest BCUT2D eigenvalue weighted by molar-refractivity contribution is 0.178. The lowest BCUT2D eigenvalue weighted by atomic mass is 10.2. The summed E-state index contributed by atoms with van der Waals surface area (Å²) < 4.78 is 25.9. The second-order valence-corrected chi connectivity index (χ2v) is 10.6. The lowest BCUT2D eigenvalue weighted by Gasteiger charge is -2.30. The van der Waals surface area contributed by atoms with Gasteiger partial charge >= 0.3 is 0 Å². The van der Waals surface area contributed by atoms with Crippen molar-refractivity contribution in [3.05, 3.63) is 17.0 Å². The Morgan fingerprint density at radius 3 is 2.25 bits per heavy atom. The van der Waals surface area contributed by atoms with Gasteiger partial charge in [-0.2, -0.15) is 0 Å². The summed E-state index contributed by atoms with van der Waals surface area (Å²) in [6.45, 7) is 13.8. The Balaban J connectivity index is 0.00000729. The molecule has 0 aromatic carbocycles. The standard InChI is InChI=1S/C18H35N5O2S2.HI/c1-8-19-18(20-11-12-23(14(2)3)15(4)5)21-13-16-9-10-17(26-16)27(24,25)22(6)7;/h9-10,14-15H,8,11-13H2,1-7H3,(H2,19,20,21);1H. The molecule has 28 heavy (non-hydrogen) atoms. The molecule has 1 aromatic rings. The number of nitrogens with one attached hydrogen (secondary N) is 2. The van der Waals surface area contributed by atoms with Crippen molar-refractivity contribution >= 4 is 51.3 Å². The van der Waals surface area contributed by atoms with Gasteiger partial charge in [0.05, 0.1) is 6.54 Å². The number of aliphatic imine (C=N–C) groups is 1. The molecule has 0 saturated heterocycles. The number of halogens is 1. The van der Waals surface area contributed by atoms with E-state index in [-0.39, 0.29) is 24.0 Å². The fourth-order valence-electron chi connectivity index (χ4n) is 2.68. The van der Waals surface area contributed by atoms with Gasteiger partial charge in [0, 0.05) is 50.7 Å². The summed E-state index contributed by atoms with van der Waals surface area (Å²) in [6.07, 6.45) is 0. The summed E-state index contributed by atoms with van der Waals surface area (Å²) in [4.78, 5) is 7.93. The minimum atomic E-state index is -3.38. The van der Waals surface area contributed by atoms with E-state index in [0.29, 0.717) is 22.8 Å². The van der Waals surface area contributed by atoms with Crippen LogP contribution in [0.15, 0.2) is 21.3 Å². The van der Waals surface area contributed by atoms with Crippen LogP contribution in [-0.4, -0.2) is 69.4 Å². The summed E-state index contributed by atoms with van der Waals surface area (Å²) >= 11 is 1.26. The average Bonchev–Trinajstić information content (AvgIpc) is 3.05. The van der Waals surface area contributed by atoms with Crippen molar-refractivity contribution in [3.63, 3.8) is 0 Å². The summed E-state index contributed by atoms with van der Waals surface area (Å²) in [5.74, 6) is 0.746. The Labute approximate surface area is 192 Å². The fourth-order valence-corrected chi connectivity index (χ4v) is 5.13. The maximum absolute atomic E-state index is 12.2. The molecule has 1 aromatic heterocycles. The van der Waals surface area contributed by atoms with Crippen LogP contribution in [0.3, 0.4) is 0 Å². The molecule has 0 unspecified atom stereocenters. The molecular weight excluding hydrogens is 509 g/mol. The van der Waals surface area contributed by atoms with Crippen LogP contribution in [-0.2, 0) is 16.6 Å². The van der Waals surface area contributed by atoms with Crippen LogP contribution in [0.1, 0.15) is 39.5 Å². The number of nitrogens with zero attached hydrogens (tertiary/aromatic N) is 3. The number of rotatable bonds is 10. The predicted octanol–water partition coefficient (Wildman–Crippen LogP) is 2.79. The topological polar surface area (TPSA) is 77.0 Å². The van der Waals surface area contributed by atoms with Crippen molar-refractivity contribution in [2.75, 3.05) is 33.7 Å². The van der Waals surface area contributed by atoms with Crippen molar-refractivity contribution in [3.8, 4) is 0 Å². The van der Waals surface area contributed by atoms with Crippen molar-refractivity contribution in [2.24, 2.45) is 4.99 Å². The van der Waals surface area contributed by atoms with Crippen LogP contribution in [0.25, 0.3) is 0 Å². The van der Waals surface area contributed by atoms with Crippen molar-refractivity contribution < 1.29 is 8.42 Å². The summed E-state index contributed by atoms with van der Waals surface area (Å²) in [7, 11) is -0.300. The predicted molar refractivity (Wildman–Crippen MR) is 130 cm³/mol. The highest BCUT2D eigenvalue weighted by Crippen LogP contribution is 2.24. The van der Waals surface area contributed by atoms with Crippen molar-refractivity contribution in [1.82, 2.24) is 19.8 Å². The van der Waals surface area contributed by atoms with E-state index in [0.717, 1.165) is 30.5 Å².